The summed E-state index contributed by atoms with van der Waals surface area (Å²) in [5, 5.41) is 3.10. The fourth-order valence-corrected chi connectivity index (χ4v) is 2.08. The number of nitrogens with one attached hydrogen (secondary N) is 1. The van der Waals surface area contributed by atoms with Crippen LogP contribution in [0.25, 0.3) is 0 Å². The van der Waals surface area contributed by atoms with E-state index in [1.165, 1.54) is 4.90 Å². The van der Waals surface area contributed by atoms with Crippen molar-refractivity contribution in [2.45, 2.75) is 26.7 Å². The molecule has 0 atom stereocenters. The Hall–Kier alpha value is -1.75. The van der Waals surface area contributed by atoms with Gasteiger partial charge in [0, 0.05) is 13.1 Å². The average Bonchev–Trinajstić information content (AvgIpc) is 2.47. The number of hydrogen-bond donors (Lipinski definition) is 2. The summed E-state index contributed by atoms with van der Waals surface area (Å²) in [6.07, 6.45) is 1.61. The highest BCUT2D eigenvalue weighted by Crippen LogP contribution is 2.23. The van der Waals surface area contributed by atoms with Gasteiger partial charge in [0.05, 0.1) is 22.8 Å². The molecular formula is C15H22ClN3O2. The van der Waals surface area contributed by atoms with Crippen LogP contribution in [0, 0.1) is 0 Å². The average molecular weight is 312 g/mol. The fourth-order valence-electron chi connectivity index (χ4n) is 1.91. The van der Waals surface area contributed by atoms with E-state index in [9.17, 15) is 9.59 Å². The Kier molecular flexibility index (Phi) is 7.02. The van der Waals surface area contributed by atoms with Crippen molar-refractivity contribution in [3.8, 4) is 0 Å². The van der Waals surface area contributed by atoms with Gasteiger partial charge >= 0.3 is 0 Å². The molecule has 0 heterocycles. The minimum absolute atomic E-state index is 0.0264. The summed E-state index contributed by atoms with van der Waals surface area (Å²) in [5.74, 6) is -0.442. The predicted octanol–water partition coefficient (Wildman–Crippen LogP) is 2.30. The van der Waals surface area contributed by atoms with E-state index in [0.717, 1.165) is 12.8 Å². The minimum Gasteiger partial charge on any atom is -0.397 e. The third-order valence-corrected chi connectivity index (χ3v) is 3.30. The largest absolute Gasteiger partial charge is 0.397 e. The third-order valence-electron chi connectivity index (χ3n) is 2.97. The molecule has 1 aromatic rings. The molecule has 0 saturated heterocycles. The van der Waals surface area contributed by atoms with Crippen molar-refractivity contribution in [2.75, 3.05) is 25.4 Å². The van der Waals surface area contributed by atoms with Crippen molar-refractivity contribution in [3.05, 3.63) is 28.8 Å². The van der Waals surface area contributed by atoms with Crippen LogP contribution in [0.4, 0.5) is 5.69 Å². The monoisotopic (exact) mass is 311 g/mol. The molecule has 0 bridgehead atoms. The molecule has 0 aliphatic heterocycles. The number of nitrogens with two attached hydrogens (primary N) is 1. The number of nitrogens with zero attached hydrogens (tertiary/aromatic N) is 1. The second-order valence-electron chi connectivity index (χ2n) is 4.78. The SMILES string of the molecule is CCCNC(=O)CN(CCC)C(=O)c1cccc(Cl)c1N. The molecule has 0 unspecified atom stereocenters. The van der Waals surface area contributed by atoms with E-state index < -0.39 is 0 Å². The minimum atomic E-state index is -0.275. The smallest absolute Gasteiger partial charge is 0.256 e. The van der Waals surface area contributed by atoms with Gasteiger partial charge in [-0.1, -0.05) is 31.5 Å². The Morgan fingerprint density at radius 1 is 1.29 bits per heavy atom. The van der Waals surface area contributed by atoms with Gasteiger partial charge < -0.3 is 16.0 Å². The molecule has 0 fully saturated rings. The molecule has 6 heteroatoms. The van der Waals surface area contributed by atoms with Crippen LogP contribution in [-0.2, 0) is 4.79 Å². The Labute approximate surface area is 130 Å². The Morgan fingerprint density at radius 3 is 2.62 bits per heavy atom. The summed E-state index contributed by atoms with van der Waals surface area (Å²) in [5.41, 5.74) is 6.43. The number of carbonyl (C=O) groups is 2. The molecule has 21 heavy (non-hydrogen) atoms. The highest BCUT2D eigenvalue weighted by Gasteiger charge is 2.20. The van der Waals surface area contributed by atoms with Gasteiger partial charge in [0.1, 0.15) is 0 Å². The summed E-state index contributed by atoms with van der Waals surface area (Å²) in [6, 6.07) is 4.93. The molecule has 0 spiro atoms. The van der Waals surface area contributed by atoms with Crippen LogP contribution in [0.1, 0.15) is 37.0 Å². The maximum absolute atomic E-state index is 12.5. The van der Waals surface area contributed by atoms with E-state index in [1.807, 2.05) is 13.8 Å². The number of hydrogen-bond acceptors (Lipinski definition) is 3. The predicted molar refractivity (Wildman–Crippen MR) is 85.4 cm³/mol. The van der Waals surface area contributed by atoms with E-state index in [0.29, 0.717) is 23.7 Å². The van der Waals surface area contributed by atoms with E-state index in [1.54, 1.807) is 18.2 Å². The molecule has 1 aromatic carbocycles. The molecular weight excluding hydrogens is 290 g/mol. The molecule has 5 nitrogen and oxygen atoms in total. The van der Waals surface area contributed by atoms with Crippen molar-refractivity contribution >= 4 is 29.1 Å². The molecule has 0 aromatic heterocycles. The number of benzene rings is 1. The number of amides is 2. The highest BCUT2D eigenvalue weighted by molar-refractivity contribution is 6.33. The maximum Gasteiger partial charge on any atom is 0.256 e. The lowest BCUT2D eigenvalue weighted by Gasteiger charge is -2.22. The Morgan fingerprint density at radius 2 is 2.00 bits per heavy atom. The lowest BCUT2D eigenvalue weighted by Crippen LogP contribution is -2.41. The zero-order valence-electron chi connectivity index (χ0n) is 12.5. The van der Waals surface area contributed by atoms with Gasteiger partial charge in [-0.15, -0.1) is 0 Å². The van der Waals surface area contributed by atoms with Gasteiger partial charge in [-0.05, 0) is 25.0 Å². The summed E-state index contributed by atoms with van der Waals surface area (Å²) < 4.78 is 0. The topological polar surface area (TPSA) is 75.4 Å². The summed E-state index contributed by atoms with van der Waals surface area (Å²) in [4.78, 5) is 25.8. The van der Waals surface area contributed by atoms with Crippen LogP contribution in [0.5, 0.6) is 0 Å². The third kappa shape index (κ3) is 4.93. The van der Waals surface area contributed by atoms with Crippen LogP contribution in [0.2, 0.25) is 5.02 Å². The first-order valence-corrected chi connectivity index (χ1v) is 7.49. The van der Waals surface area contributed by atoms with Crippen molar-refractivity contribution < 1.29 is 9.59 Å². The van der Waals surface area contributed by atoms with Crippen molar-refractivity contribution in [1.82, 2.24) is 10.2 Å². The lowest BCUT2D eigenvalue weighted by molar-refractivity contribution is -0.121. The fraction of sp³-hybridized carbons (Fsp3) is 0.467. The number of para-hydroxylation sites is 1. The quantitative estimate of drug-likeness (QED) is 0.759. The molecule has 0 aliphatic rings. The lowest BCUT2D eigenvalue weighted by atomic mass is 10.1. The molecule has 2 amide bonds. The first kappa shape index (κ1) is 17.3. The molecule has 116 valence electrons. The van der Waals surface area contributed by atoms with E-state index in [-0.39, 0.29) is 24.0 Å². The maximum atomic E-state index is 12.5. The first-order valence-electron chi connectivity index (χ1n) is 7.11. The first-order chi connectivity index (χ1) is 10.0. The second kappa shape index (κ2) is 8.52. The molecule has 1 rings (SSSR count). The zero-order chi connectivity index (χ0) is 15.8. The van der Waals surface area contributed by atoms with E-state index in [2.05, 4.69) is 5.32 Å². The van der Waals surface area contributed by atoms with Gasteiger partial charge in [-0.2, -0.15) is 0 Å². The van der Waals surface area contributed by atoms with Crippen molar-refractivity contribution in [2.24, 2.45) is 0 Å². The van der Waals surface area contributed by atoms with Gasteiger partial charge in [-0.25, -0.2) is 0 Å². The summed E-state index contributed by atoms with van der Waals surface area (Å²) in [7, 11) is 0. The second-order valence-corrected chi connectivity index (χ2v) is 5.18. The Balaban J connectivity index is 2.86. The standard InChI is InChI=1S/C15H22ClN3O2/c1-3-8-18-13(20)10-19(9-4-2)15(21)11-6-5-7-12(16)14(11)17/h5-7H,3-4,8-10,17H2,1-2H3,(H,18,20). The van der Waals surface area contributed by atoms with Crippen LogP contribution >= 0.6 is 11.6 Å². The molecule has 0 radical (unpaired) electrons. The van der Waals surface area contributed by atoms with Gasteiger partial charge in [0.2, 0.25) is 5.91 Å². The van der Waals surface area contributed by atoms with Gasteiger partial charge in [-0.3, -0.25) is 9.59 Å². The number of anilines is 1. The van der Waals surface area contributed by atoms with Crippen LogP contribution in [0.15, 0.2) is 18.2 Å². The van der Waals surface area contributed by atoms with E-state index >= 15 is 0 Å². The van der Waals surface area contributed by atoms with E-state index in [4.69, 9.17) is 17.3 Å². The summed E-state index contributed by atoms with van der Waals surface area (Å²) >= 11 is 5.94. The van der Waals surface area contributed by atoms with Gasteiger partial charge in [0.15, 0.2) is 0 Å². The van der Waals surface area contributed by atoms with Crippen LogP contribution < -0.4 is 11.1 Å². The number of carbonyl (C=O) groups excluding carboxylic acids is 2. The molecule has 0 aliphatic carbocycles. The molecule has 0 saturated carbocycles. The number of rotatable bonds is 7. The summed E-state index contributed by atoms with van der Waals surface area (Å²) in [6.45, 7) is 5.04. The number of nitrogen functional groups attached to an aromatic ring is 1. The van der Waals surface area contributed by atoms with Crippen LogP contribution in [0.3, 0.4) is 0 Å². The number of halogens is 1. The zero-order valence-corrected chi connectivity index (χ0v) is 13.2. The van der Waals surface area contributed by atoms with Crippen molar-refractivity contribution in [1.29, 1.82) is 0 Å². The van der Waals surface area contributed by atoms with Gasteiger partial charge in [0.25, 0.3) is 5.91 Å². The Bertz CT molecular complexity index is 506. The molecule has 3 N–H and O–H groups in total. The van der Waals surface area contributed by atoms with Crippen LogP contribution in [-0.4, -0.2) is 36.3 Å². The van der Waals surface area contributed by atoms with Crippen molar-refractivity contribution in [3.63, 3.8) is 0 Å². The highest BCUT2D eigenvalue weighted by atomic mass is 35.5. The normalized spacial score (nSPS) is 10.2.